The van der Waals surface area contributed by atoms with Crippen molar-refractivity contribution in [2.24, 2.45) is 0 Å². The van der Waals surface area contributed by atoms with Crippen molar-refractivity contribution in [1.29, 1.82) is 0 Å². The fraction of sp³-hybridized carbons (Fsp3) is 0.455. The van der Waals surface area contributed by atoms with Gasteiger partial charge in [0.15, 0.2) is 11.0 Å². The fourth-order valence-corrected chi connectivity index (χ4v) is 4.55. The van der Waals surface area contributed by atoms with Crippen molar-refractivity contribution in [3.8, 4) is 11.4 Å². The SMILES string of the molecule is O=C(CSc1nnc(-c2cccnc2)n1Cc1ccco1)NC1CCCCCCC1. The highest BCUT2D eigenvalue weighted by Gasteiger charge is 2.19. The Morgan fingerprint density at radius 2 is 1.97 bits per heavy atom. The summed E-state index contributed by atoms with van der Waals surface area (Å²) in [6, 6.07) is 7.90. The molecule has 0 unspecified atom stereocenters. The number of carbonyl (C=O) groups excluding carboxylic acids is 1. The van der Waals surface area contributed by atoms with Gasteiger partial charge in [-0.05, 0) is 37.1 Å². The number of thioether (sulfide) groups is 1. The first kappa shape index (κ1) is 20.7. The van der Waals surface area contributed by atoms with Gasteiger partial charge in [0.2, 0.25) is 5.91 Å². The number of amides is 1. The molecule has 3 aromatic heterocycles. The largest absolute Gasteiger partial charge is 0.467 e. The van der Waals surface area contributed by atoms with Crippen LogP contribution in [-0.2, 0) is 11.3 Å². The number of aromatic nitrogens is 4. The standard InChI is InChI=1S/C22H27N5O2S/c28-20(24-18-9-4-2-1-3-5-10-18)16-30-22-26-25-21(17-8-6-12-23-14-17)27(22)15-19-11-7-13-29-19/h6-8,11-14,18H,1-5,9-10,15-16H2,(H,24,28). The van der Waals surface area contributed by atoms with Gasteiger partial charge in [-0.1, -0.05) is 43.9 Å². The number of nitrogens with one attached hydrogen (secondary N) is 1. The zero-order valence-electron chi connectivity index (χ0n) is 17.0. The Morgan fingerprint density at radius 1 is 1.13 bits per heavy atom. The number of hydrogen-bond donors (Lipinski definition) is 1. The van der Waals surface area contributed by atoms with E-state index >= 15 is 0 Å². The van der Waals surface area contributed by atoms with Gasteiger partial charge in [-0.25, -0.2) is 0 Å². The van der Waals surface area contributed by atoms with Gasteiger partial charge in [-0.3, -0.25) is 14.3 Å². The number of carbonyl (C=O) groups is 1. The van der Waals surface area contributed by atoms with Crippen molar-refractivity contribution in [3.63, 3.8) is 0 Å². The third kappa shape index (κ3) is 5.50. The van der Waals surface area contributed by atoms with E-state index in [4.69, 9.17) is 4.42 Å². The second-order valence-electron chi connectivity index (χ2n) is 7.61. The van der Waals surface area contributed by atoms with Crippen LogP contribution in [0.2, 0.25) is 0 Å². The molecule has 0 atom stereocenters. The highest BCUT2D eigenvalue weighted by molar-refractivity contribution is 7.99. The lowest BCUT2D eigenvalue weighted by Crippen LogP contribution is -2.36. The van der Waals surface area contributed by atoms with Crippen molar-refractivity contribution in [3.05, 3.63) is 48.7 Å². The molecule has 1 aliphatic carbocycles. The number of rotatable bonds is 7. The van der Waals surface area contributed by atoms with E-state index in [2.05, 4.69) is 20.5 Å². The Kier molecular flexibility index (Phi) is 7.18. The minimum Gasteiger partial charge on any atom is -0.467 e. The van der Waals surface area contributed by atoms with Crippen molar-refractivity contribution in [1.82, 2.24) is 25.1 Å². The first-order chi connectivity index (χ1) is 14.8. The molecule has 0 saturated heterocycles. The number of hydrogen-bond acceptors (Lipinski definition) is 6. The van der Waals surface area contributed by atoms with Crippen LogP contribution in [0.4, 0.5) is 0 Å². The average Bonchev–Trinajstić information content (AvgIpc) is 3.39. The van der Waals surface area contributed by atoms with Crippen LogP contribution in [0.15, 0.2) is 52.5 Å². The monoisotopic (exact) mass is 425 g/mol. The van der Waals surface area contributed by atoms with Gasteiger partial charge < -0.3 is 9.73 Å². The number of pyridine rings is 1. The Labute approximate surface area is 180 Å². The van der Waals surface area contributed by atoms with E-state index in [0.29, 0.717) is 29.3 Å². The molecule has 30 heavy (non-hydrogen) atoms. The minimum atomic E-state index is 0.0565. The zero-order valence-corrected chi connectivity index (χ0v) is 17.8. The molecule has 0 bridgehead atoms. The molecule has 4 rings (SSSR count). The van der Waals surface area contributed by atoms with Gasteiger partial charge >= 0.3 is 0 Å². The van der Waals surface area contributed by atoms with E-state index < -0.39 is 0 Å². The second kappa shape index (κ2) is 10.4. The van der Waals surface area contributed by atoms with Gasteiger partial charge in [0, 0.05) is 24.0 Å². The molecule has 8 heteroatoms. The van der Waals surface area contributed by atoms with Crippen molar-refractivity contribution >= 4 is 17.7 Å². The summed E-state index contributed by atoms with van der Waals surface area (Å²) in [5.74, 6) is 1.89. The van der Waals surface area contributed by atoms with E-state index in [0.717, 1.165) is 24.2 Å². The maximum absolute atomic E-state index is 12.6. The summed E-state index contributed by atoms with van der Waals surface area (Å²) in [6.45, 7) is 0.497. The van der Waals surface area contributed by atoms with E-state index in [1.54, 1.807) is 18.7 Å². The van der Waals surface area contributed by atoms with Crippen LogP contribution in [-0.4, -0.2) is 37.5 Å². The third-order valence-electron chi connectivity index (χ3n) is 5.33. The van der Waals surface area contributed by atoms with Crippen molar-refractivity contribution in [2.45, 2.75) is 62.7 Å². The Morgan fingerprint density at radius 3 is 2.70 bits per heavy atom. The van der Waals surface area contributed by atoms with Crippen molar-refractivity contribution in [2.75, 3.05) is 5.75 Å². The third-order valence-corrected chi connectivity index (χ3v) is 6.30. The molecule has 0 aliphatic heterocycles. The Bertz CT molecular complexity index is 918. The molecule has 1 N–H and O–H groups in total. The highest BCUT2D eigenvalue weighted by Crippen LogP contribution is 2.25. The van der Waals surface area contributed by atoms with Gasteiger partial charge in [0.25, 0.3) is 0 Å². The van der Waals surface area contributed by atoms with Gasteiger partial charge in [-0.15, -0.1) is 10.2 Å². The van der Waals surface area contributed by atoms with Crippen LogP contribution in [0.25, 0.3) is 11.4 Å². The highest BCUT2D eigenvalue weighted by atomic mass is 32.2. The summed E-state index contributed by atoms with van der Waals surface area (Å²) < 4.78 is 7.50. The predicted molar refractivity (Wildman–Crippen MR) is 116 cm³/mol. The lowest BCUT2D eigenvalue weighted by atomic mass is 9.97. The molecule has 1 aliphatic rings. The molecule has 1 saturated carbocycles. The molecule has 158 valence electrons. The van der Waals surface area contributed by atoms with Gasteiger partial charge in [-0.2, -0.15) is 0 Å². The first-order valence-electron chi connectivity index (χ1n) is 10.6. The van der Waals surface area contributed by atoms with Crippen LogP contribution < -0.4 is 5.32 Å². The van der Waals surface area contributed by atoms with Crippen LogP contribution in [0, 0.1) is 0 Å². The number of nitrogens with zero attached hydrogens (tertiary/aromatic N) is 4. The van der Waals surface area contributed by atoms with E-state index in [-0.39, 0.29) is 5.91 Å². The van der Waals surface area contributed by atoms with Crippen molar-refractivity contribution < 1.29 is 9.21 Å². The van der Waals surface area contributed by atoms with Crippen LogP contribution in [0.1, 0.15) is 50.7 Å². The lowest BCUT2D eigenvalue weighted by molar-refractivity contribution is -0.119. The summed E-state index contributed by atoms with van der Waals surface area (Å²) in [5, 5.41) is 12.6. The maximum atomic E-state index is 12.6. The van der Waals surface area contributed by atoms with Gasteiger partial charge in [0.05, 0.1) is 18.6 Å². The average molecular weight is 426 g/mol. The summed E-state index contributed by atoms with van der Waals surface area (Å²) >= 11 is 1.41. The summed E-state index contributed by atoms with van der Waals surface area (Å²) in [5.41, 5.74) is 0.877. The zero-order chi connectivity index (χ0) is 20.6. The molecule has 3 heterocycles. The summed E-state index contributed by atoms with van der Waals surface area (Å²) in [4.78, 5) is 16.8. The molecule has 0 spiro atoms. The first-order valence-corrected chi connectivity index (χ1v) is 11.6. The quantitative estimate of drug-likeness (QED) is 0.568. The molecule has 0 aromatic carbocycles. The smallest absolute Gasteiger partial charge is 0.230 e. The normalized spacial score (nSPS) is 15.5. The molecule has 3 aromatic rings. The lowest BCUT2D eigenvalue weighted by Gasteiger charge is -2.20. The molecule has 7 nitrogen and oxygen atoms in total. The Hall–Kier alpha value is -2.61. The summed E-state index contributed by atoms with van der Waals surface area (Å²) in [7, 11) is 0. The molecular formula is C22H27N5O2S. The van der Waals surface area contributed by atoms with E-state index in [1.807, 2.05) is 28.8 Å². The van der Waals surface area contributed by atoms with E-state index in [9.17, 15) is 4.79 Å². The van der Waals surface area contributed by atoms with Crippen LogP contribution in [0.3, 0.4) is 0 Å². The minimum absolute atomic E-state index is 0.0565. The predicted octanol–water partition coefficient (Wildman–Crippen LogP) is 4.30. The van der Waals surface area contributed by atoms with E-state index in [1.165, 1.54) is 43.9 Å². The molecule has 1 fully saturated rings. The van der Waals surface area contributed by atoms with Crippen LogP contribution in [0.5, 0.6) is 0 Å². The van der Waals surface area contributed by atoms with Gasteiger partial charge in [0.1, 0.15) is 5.76 Å². The fourth-order valence-electron chi connectivity index (χ4n) is 3.80. The molecule has 0 radical (unpaired) electrons. The summed E-state index contributed by atoms with van der Waals surface area (Å²) in [6.07, 6.45) is 13.6. The van der Waals surface area contributed by atoms with Crippen LogP contribution >= 0.6 is 11.8 Å². The molecular weight excluding hydrogens is 398 g/mol. The maximum Gasteiger partial charge on any atom is 0.230 e. The molecule has 1 amide bonds. The second-order valence-corrected chi connectivity index (χ2v) is 8.55. The topological polar surface area (TPSA) is 85.8 Å². The number of furan rings is 1. The Balaban J connectivity index is 1.44.